The molecule has 1 aliphatic rings. The third kappa shape index (κ3) is 3.78. The number of nitrogens with one attached hydrogen (secondary N) is 2. The van der Waals surface area contributed by atoms with Crippen LogP contribution in [0.3, 0.4) is 0 Å². The molecule has 2 aromatic heterocycles. The molecule has 0 spiro atoms. The van der Waals surface area contributed by atoms with E-state index in [1.54, 1.807) is 37.8 Å². The van der Waals surface area contributed by atoms with E-state index < -0.39 is 6.04 Å². The summed E-state index contributed by atoms with van der Waals surface area (Å²) in [6.45, 7) is 3.96. The highest BCUT2D eigenvalue weighted by Crippen LogP contribution is 2.28. The third-order valence-corrected chi connectivity index (χ3v) is 5.39. The van der Waals surface area contributed by atoms with Crippen molar-refractivity contribution in [3.63, 3.8) is 0 Å². The Hall–Kier alpha value is -3.61. The number of Topliss-reactive ketones (excluding diaryl/α,β-unsaturated/α-hetero) is 1. The predicted octanol–water partition coefficient (Wildman–Crippen LogP) is 4.16. The lowest BCUT2D eigenvalue weighted by atomic mass is 9.89. The second kappa shape index (κ2) is 8.41. The van der Waals surface area contributed by atoms with Gasteiger partial charge in [-0.3, -0.25) is 9.78 Å². The van der Waals surface area contributed by atoms with E-state index in [1.165, 1.54) is 0 Å². The number of nitrogens with zero attached hydrogens (tertiary/aromatic N) is 2. The number of pyridine rings is 1. The molecule has 0 saturated heterocycles. The number of aromatic amines is 1. The van der Waals surface area contributed by atoms with E-state index in [1.807, 2.05) is 44.2 Å². The number of aromatic nitrogens is 2. The van der Waals surface area contributed by atoms with Gasteiger partial charge in [0.2, 0.25) is 0 Å². The molecule has 3 aromatic rings. The fraction of sp³-hybridized carbons (Fsp3) is 0.261. The van der Waals surface area contributed by atoms with E-state index >= 15 is 0 Å². The van der Waals surface area contributed by atoms with Crippen LogP contribution in [-0.4, -0.2) is 40.7 Å². The maximum atomic E-state index is 13.7. The van der Waals surface area contributed by atoms with Crippen molar-refractivity contribution in [1.29, 1.82) is 0 Å². The smallest absolute Gasteiger partial charge is 0.193 e. The summed E-state index contributed by atoms with van der Waals surface area (Å²) in [5.74, 6) is 0.495. The van der Waals surface area contributed by atoms with Crippen molar-refractivity contribution in [3.8, 4) is 17.0 Å². The summed E-state index contributed by atoms with van der Waals surface area (Å²) >= 11 is 0. The zero-order valence-electron chi connectivity index (χ0n) is 17.1. The van der Waals surface area contributed by atoms with Gasteiger partial charge in [-0.2, -0.15) is 0 Å². The van der Waals surface area contributed by atoms with Crippen LogP contribution >= 0.6 is 0 Å². The van der Waals surface area contributed by atoms with Gasteiger partial charge in [-0.15, -0.1) is 0 Å². The lowest BCUT2D eigenvalue weighted by Gasteiger charge is -2.21. The summed E-state index contributed by atoms with van der Waals surface area (Å²) in [5.41, 5.74) is 3.63. The first-order valence-electron chi connectivity index (χ1n) is 9.84. The van der Waals surface area contributed by atoms with Crippen LogP contribution in [0.5, 0.6) is 5.75 Å². The van der Waals surface area contributed by atoms with Crippen LogP contribution in [0.25, 0.3) is 11.3 Å². The average Bonchev–Trinajstić information content (AvgIpc) is 3.40. The maximum absolute atomic E-state index is 13.7. The van der Waals surface area contributed by atoms with Crippen molar-refractivity contribution in [2.75, 3.05) is 12.4 Å². The standard InChI is InChI=1S/C23H24N4O3/c1-14-15(2)30-27-20(14)22(26-17-11-18(29-3)13-24-12-17)23(28)19-9-10-25-21(19)16-7-5-4-6-8-16/h4-15,22,25-26H,1-3H3. The Morgan fingerprint density at radius 1 is 1.20 bits per heavy atom. The fourth-order valence-corrected chi connectivity index (χ4v) is 3.50. The van der Waals surface area contributed by atoms with E-state index in [-0.39, 0.29) is 17.8 Å². The second-order valence-corrected chi connectivity index (χ2v) is 7.30. The van der Waals surface area contributed by atoms with Crippen LogP contribution in [0, 0.1) is 5.92 Å². The molecular formula is C23H24N4O3. The van der Waals surface area contributed by atoms with Crippen molar-refractivity contribution in [1.82, 2.24) is 9.97 Å². The molecule has 0 radical (unpaired) electrons. The summed E-state index contributed by atoms with van der Waals surface area (Å²) in [6.07, 6.45) is 4.95. The minimum absolute atomic E-state index is 0.0101. The Morgan fingerprint density at radius 3 is 2.70 bits per heavy atom. The Kier molecular flexibility index (Phi) is 5.52. The Labute approximate surface area is 175 Å². The lowest BCUT2D eigenvalue weighted by Crippen LogP contribution is -2.41. The molecule has 0 amide bonds. The monoisotopic (exact) mass is 404 g/mol. The number of ketones is 1. The summed E-state index contributed by atoms with van der Waals surface area (Å²) in [5, 5.41) is 7.54. The molecule has 3 heterocycles. The molecule has 1 aromatic carbocycles. The molecule has 0 fully saturated rings. The minimum atomic E-state index is -0.697. The Balaban J connectivity index is 1.71. The molecule has 4 rings (SSSR count). The maximum Gasteiger partial charge on any atom is 0.193 e. The first-order valence-corrected chi connectivity index (χ1v) is 9.84. The number of anilines is 1. The summed E-state index contributed by atoms with van der Waals surface area (Å²) < 4.78 is 5.26. The Bertz CT molecular complexity index is 1060. The third-order valence-electron chi connectivity index (χ3n) is 5.39. The molecule has 0 saturated carbocycles. The van der Waals surface area contributed by atoms with Crippen LogP contribution in [0.2, 0.25) is 0 Å². The number of rotatable bonds is 7. The van der Waals surface area contributed by atoms with Gasteiger partial charge in [0.25, 0.3) is 0 Å². The van der Waals surface area contributed by atoms with Gasteiger partial charge in [0, 0.05) is 23.7 Å². The number of carbonyl (C=O) groups excluding carboxylic acids is 1. The van der Waals surface area contributed by atoms with Crippen LogP contribution in [-0.2, 0) is 4.84 Å². The molecule has 0 aliphatic carbocycles. The van der Waals surface area contributed by atoms with Crippen LogP contribution in [0.15, 0.2) is 66.2 Å². The average molecular weight is 404 g/mol. The number of carbonyl (C=O) groups is 1. The van der Waals surface area contributed by atoms with E-state index in [9.17, 15) is 4.79 Å². The van der Waals surface area contributed by atoms with Gasteiger partial charge in [-0.25, -0.2) is 0 Å². The summed E-state index contributed by atoms with van der Waals surface area (Å²) in [6, 6.07) is 12.7. The van der Waals surface area contributed by atoms with Crippen LogP contribution < -0.4 is 10.1 Å². The second-order valence-electron chi connectivity index (χ2n) is 7.30. The van der Waals surface area contributed by atoms with Crippen molar-refractivity contribution in [3.05, 3.63) is 66.6 Å². The quantitative estimate of drug-likeness (QED) is 0.577. The van der Waals surface area contributed by atoms with Crippen LogP contribution in [0.1, 0.15) is 24.2 Å². The zero-order chi connectivity index (χ0) is 21.1. The lowest BCUT2D eigenvalue weighted by molar-refractivity contribution is 0.0799. The number of methoxy groups -OCH3 is 1. The first-order chi connectivity index (χ1) is 14.6. The largest absolute Gasteiger partial charge is 0.495 e. The van der Waals surface area contributed by atoms with Crippen molar-refractivity contribution < 1.29 is 14.4 Å². The first kappa shape index (κ1) is 19.7. The van der Waals surface area contributed by atoms with Gasteiger partial charge < -0.3 is 19.9 Å². The molecule has 154 valence electrons. The molecule has 3 unspecified atom stereocenters. The number of hydrogen-bond donors (Lipinski definition) is 2. The molecule has 7 heteroatoms. The van der Waals surface area contributed by atoms with Gasteiger partial charge in [0.1, 0.15) is 17.9 Å². The zero-order valence-corrected chi connectivity index (χ0v) is 17.1. The molecule has 1 aliphatic heterocycles. The minimum Gasteiger partial charge on any atom is -0.495 e. The fourth-order valence-electron chi connectivity index (χ4n) is 3.50. The summed E-state index contributed by atoms with van der Waals surface area (Å²) in [4.78, 5) is 26.6. The number of hydrogen-bond acceptors (Lipinski definition) is 6. The van der Waals surface area contributed by atoms with Gasteiger partial charge in [0.05, 0.1) is 36.6 Å². The van der Waals surface area contributed by atoms with E-state index in [4.69, 9.17) is 9.57 Å². The van der Waals surface area contributed by atoms with Crippen molar-refractivity contribution in [2.24, 2.45) is 11.1 Å². The van der Waals surface area contributed by atoms with E-state index in [2.05, 4.69) is 20.4 Å². The highest BCUT2D eigenvalue weighted by Gasteiger charge is 2.37. The normalized spacial score (nSPS) is 19.0. The van der Waals surface area contributed by atoms with Gasteiger partial charge in [-0.1, -0.05) is 42.4 Å². The van der Waals surface area contributed by atoms with Crippen LogP contribution in [0.4, 0.5) is 5.69 Å². The summed E-state index contributed by atoms with van der Waals surface area (Å²) in [7, 11) is 1.58. The Morgan fingerprint density at radius 2 is 2.00 bits per heavy atom. The number of H-pyrrole nitrogens is 1. The van der Waals surface area contributed by atoms with Gasteiger partial charge >= 0.3 is 0 Å². The van der Waals surface area contributed by atoms with Crippen molar-refractivity contribution in [2.45, 2.75) is 26.0 Å². The molecular weight excluding hydrogens is 380 g/mol. The molecule has 7 nitrogen and oxygen atoms in total. The van der Waals surface area contributed by atoms with E-state index in [0.717, 1.165) is 11.3 Å². The molecule has 3 atom stereocenters. The molecule has 30 heavy (non-hydrogen) atoms. The van der Waals surface area contributed by atoms with Crippen molar-refractivity contribution >= 4 is 17.2 Å². The molecule has 0 bridgehead atoms. The highest BCUT2D eigenvalue weighted by molar-refractivity contribution is 6.20. The van der Waals surface area contributed by atoms with Gasteiger partial charge in [-0.05, 0) is 18.6 Å². The predicted molar refractivity (Wildman–Crippen MR) is 116 cm³/mol. The topological polar surface area (TPSA) is 88.6 Å². The van der Waals surface area contributed by atoms with E-state index in [0.29, 0.717) is 22.7 Å². The number of oxime groups is 1. The highest BCUT2D eigenvalue weighted by atomic mass is 16.6. The van der Waals surface area contributed by atoms with Gasteiger partial charge in [0.15, 0.2) is 5.78 Å². The molecule has 2 N–H and O–H groups in total. The number of benzene rings is 1. The number of ether oxygens (including phenoxy) is 1. The SMILES string of the molecule is COc1cncc(NC(C(=O)c2cc[nH]c2-c2ccccc2)C2=NOC(C)C2C)c1.